The van der Waals surface area contributed by atoms with E-state index in [9.17, 15) is 15.0 Å². The van der Waals surface area contributed by atoms with Gasteiger partial charge in [-0.1, -0.05) is 83.2 Å². The molecule has 0 aromatic heterocycles. The van der Waals surface area contributed by atoms with Crippen LogP contribution in [-0.4, -0.2) is 83.3 Å². The Morgan fingerprint density at radius 3 is 2.31 bits per heavy atom. The number of esters is 1. The monoisotopic (exact) mass is 736 g/mol. The number of carbonyl (C=O) groups excluding carboxylic acids is 1. The highest BCUT2D eigenvalue weighted by Crippen LogP contribution is 2.46. The van der Waals surface area contributed by atoms with Crippen molar-refractivity contribution in [3.8, 4) is 0 Å². The van der Waals surface area contributed by atoms with Crippen LogP contribution < -0.4 is 0 Å². The van der Waals surface area contributed by atoms with E-state index in [1.807, 2.05) is 67.6 Å². The normalized spacial score (nSPS) is 30.9. The minimum Gasteiger partial charge on any atom is -0.459 e. The van der Waals surface area contributed by atoms with Crippen molar-refractivity contribution in [3.05, 3.63) is 118 Å². The second-order valence-electron chi connectivity index (χ2n) is 13.6. The van der Waals surface area contributed by atoms with Crippen molar-refractivity contribution in [2.45, 2.75) is 100 Å². The van der Waals surface area contributed by atoms with Gasteiger partial charge >= 0.3 is 5.97 Å². The lowest BCUT2D eigenvalue weighted by Gasteiger charge is -2.58. The Balaban J connectivity index is 1.12. The Hall–Kier alpha value is -2.93. The number of aliphatic hydroxyl groups is 2. The number of fused-ring (bicyclic) bond motifs is 2. The maximum atomic E-state index is 12.7. The van der Waals surface area contributed by atoms with Crippen LogP contribution in [0.1, 0.15) is 54.6 Å². The number of carbonyl (C=O) groups is 1. The fourth-order valence-electron chi connectivity index (χ4n) is 7.00. The smallest absolute Gasteiger partial charge is 0.338 e. The van der Waals surface area contributed by atoms with Gasteiger partial charge in [0.25, 0.3) is 0 Å². The Bertz CT molecular complexity index is 1550. The Kier molecular flexibility index (Phi) is 11.4. The molecule has 9 nitrogen and oxygen atoms in total. The lowest BCUT2D eigenvalue weighted by atomic mass is 9.75. The molecule has 0 spiro atoms. The molecule has 0 aliphatic carbocycles. The molecule has 3 saturated heterocycles. The predicted molar refractivity (Wildman–Crippen MR) is 186 cm³/mol. The molecule has 0 radical (unpaired) electrons. The predicted octanol–water partition coefficient (Wildman–Crippen LogP) is 5.94. The van der Waals surface area contributed by atoms with Crippen LogP contribution in [0, 0.1) is 0 Å². The van der Waals surface area contributed by atoms with Crippen LogP contribution in [0.3, 0.4) is 0 Å². The van der Waals surface area contributed by atoms with E-state index in [0.717, 1.165) is 15.6 Å². The van der Waals surface area contributed by atoms with Crippen LogP contribution in [0.15, 0.2) is 102 Å². The summed E-state index contributed by atoms with van der Waals surface area (Å²) in [4.78, 5) is 12.7. The van der Waals surface area contributed by atoms with Crippen LogP contribution in [0.25, 0.3) is 0 Å². The van der Waals surface area contributed by atoms with Gasteiger partial charge in [0.1, 0.15) is 36.1 Å². The molecule has 3 heterocycles. The van der Waals surface area contributed by atoms with Crippen molar-refractivity contribution < 1.29 is 43.4 Å². The highest BCUT2D eigenvalue weighted by atomic mass is 79.9. The van der Waals surface area contributed by atoms with Crippen LogP contribution in [0.5, 0.6) is 0 Å². The molecule has 10 heteroatoms. The van der Waals surface area contributed by atoms with E-state index in [1.165, 1.54) is 0 Å². The summed E-state index contributed by atoms with van der Waals surface area (Å²) in [6.45, 7) is 8.55. The maximum Gasteiger partial charge on any atom is 0.338 e. The second-order valence-corrected chi connectivity index (χ2v) is 14.5. The molecule has 3 aromatic carbocycles. The minimum atomic E-state index is -1.55. The lowest BCUT2D eigenvalue weighted by molar-refractivity contribution is -0.342. The van der Waals surface area contributed by atoms with Crippen molar-refractivity contribution >= 4 is 21.9 Å². The number of ether oxygens (including phenoxy) is 6. The van der Waals surface area contributed by atoms with Gasteiger partial charge in [-0.3, -0.25) is 0 Å². The summed E-state index contributed by atoms with van der Waals surface area (Å²) < 4.78 is 38.6. The summed E-state index contributed by atoms with van der Waals surface area (Å²) in [5, 5.41) is 23.4. The van der Waals surface area contributed by atoms with Gasteiger partial charge in [0.05, 0.1) is 43.2 Å². The quantitative estimate of drug-likeness (QED) is 0.133. The fourth-order valence-corrected chi connectivity index (χ4v) is 7.26. The van der Waals surface area contributed by atoms with E-state index in [-0.39, 0.29) is 6.61 Å². The van der Waals surface area contributed by atoms with Gasteiger partial charge in [0.15, 0.2) is 0 Å². The highest BCUT2D eigenvalue weighted by molar-refractivity contribution is 9.10. The average molecular weight is 738 g/mol. The van der Waals surface area contributed by atoms with E-state index < -0.39 is 59.9 Å². The van der Waals surface area contributed by atoms with Gasteiger partial charge in [0, 0.05) is 17.5 Å². The zero-order chi connectivity index (χ0) is 34.6. The summed E-state index contributed by atoms with van der Waals surface area (Å²) in [5.41, 5.74) is 0.431. The number of benzene rings is 3. The van der Waals surface area contributed by atoms with Gasteiger partial charge in [-0.2, -0.15) is 0 Å². The number of aliphatic hydroxyl groups excluding tert-OH is 1. The summed E-state index contributed by atoms with van der Waals surface area (Å²) in [5.74, 6) is -0.545. The molecule has 262 valence electrons. The fraction of sp³-hybridized carbons (Fsp3) is 0.462. The molecule has 9 atom stereocenters. The first-order chi connectivity index (χ1) is 23.5. The highest BCUT2D eigenvalue weighted by Gasteiger charge is 2.60. The van der Waals surface area contributed by atoms with Crippen molar-refractivity contribution in [1.29, 1.82) is 0 Å². The summed E-state index contributed by atoms with van der Waals surface area (Å²) >= 11 is 3.36. The minimum absolute atomic E-state index is 0.286. The molecule has 3 aromatic rings. The SMILES string of the molecule is C=C1C[C@@H]2O[C@@]3(C)[C@H](C[C@H]2O[C@@H]1[C@](C)(O)COC(=O)c1ccc(Br)cc1)O[C@H](CCOCc1ccccc1)[C@@H](OCc1ccccc1)[C@H]3O. The molecule has 3 aliphatic rings. The first-order valence-corrected chi connectivity index (χ1v) is 17.6. The number of halogens is 1. The number of hydrogen-bond donors (Lipinski definition) is 2. The van der Waals surface area contributed by atoms with Crippen molar-refractivity contribution in [1.82, 2.24) is 0 Å². The average Bonchev–Trinajstić information content (AvgIpc) is 3.09. The van der Waals surface area contributed by atoms with Crippen molar-refractivity contribution in [2.75, 3.05) is 13.2 Å². The molecule has 0 amide bonds. The largest absolute Gasteiger partial charge is 0.459 e. The number of hydrogen-bond acceptors (Lipinski definition) is 9. The van der Waals surface area contributed by atoms with Crippen LogP contribution in [0.4, 0.5) is 0 Å². The molecular formula is C39H45BrO9. The molecule has 0 saturated carbocycles. The first kappa shape index (κ1) is 35.9. The van der Waals surface area contributed by atoms with E-state index in [0.29, 0.717) is 50.2 Å². The van der Waals surface area contributed by atoms with Gasteiger partial charge in [-0.15, -0.1) is 0 Å². The Labute approximate surface area is 296 Å². The van der Waals surface area contributed by atoms with Gasteiger partial charge in [-0.05, 0) is 67.7 Å². The van der Waals surface area contributed by atoms with Gasteiger partial charge in [0.2, 0.25) is 0 Å². The zero-order valence-corrected chi connectivity index (χ0v) is 29.5. The molecular weight excluding hydrogens is 692 g/mol. The Morgan fingerprint density at radius 1 is 0.980 bits per heavy atom. The molecule has 0 unspecified atom stereocenters. The molecule has 3 aliphatic heterocycles. The summed E-state index contributed by atoms with van der Waals surface area (Å²) in [6.07, 6.45) is -3.02. The van der Waals surface area contributed by atoms with Crippen molar-refractivity contribution in [2.24, 2.45) is 0 Å². The number of rotatable bonds is 12. The standard InChI is InChI=1S/C39H45BrO9/c1-25-20-32-31(48-36(25)38(2,43)24-46-37(42)28-14-16-29(40)17-15-28)21-33-39(3,49-32)35(41)34(45-23-27-12-8-5-9-13-27)30(47-33)18-19-44-22-26-10-6-4-7-11-26/h4-17,30-36,41,43H,1,18-24H2,2-3H3/t30-,31-,32+,33+,34-,35-,36+,38-,39+/m1/s1. The van der Waals surface area contributed by atoms with Gasteiger partial charge in [-0.25, -0.2) is 4.79 Å². The molecule has 2 N–H and O–H groups in total. The Morgan fingerprint density at radius 2 is 1.63 bits per heavy atom. The second kappa shape index (κ2) is 15.5. The summed E-state index contributed by atoms with van der Waals surface area (Å²) in [7, 11) is 0. The van der Waals surface area contributed by atoms with Crippen LogP contribution in [-0.2, 0) is 41.6 Å². The van der Waals surface area contributed by atoms with Crippen LogP contribution in [0.2, 0.25) is 0 Å². The first-order valence-electron chi connectivity index (χ1n) is 16.8. The molecule has 3 fully saturated rings. The molecule has 0 bridgehead atoms. The topological polar surface area (TPSA) is 113 Å². The third kappa shape index (κ3) is 8.35. The zero-order valence-electron chi connectivity index (χ0n) is 27.9. The lowest BCUT2D eigenvalue weighted by Crippen LogP contribution is -2.71. The van der Waals surface area contributed by atoms with E-state index >= 15 is 0 Å². The third-order valence-corrected chi connectivity index (χ3v) is 10.3. The van der Waals surface area contributed by atoms with E-state index in [2.05, 4.69) is 22.5 Å². The maximum absolute atomic E-state index is 12.7. The third-order valence-electron chi connectivity index (χ3n) is 9.74. The molecule has 6 rings (SSSR count). The van der Waals surface area contributed by atoms with E-state index in [1.54, 1.807) is 31.2 Å². The summed E-state index contributed by atoms with van der Waals surface area (Å²) in [6, 6.07) is 26.6. The van der Waals surface area contributed by atoms with Gasteiger partial charge < -0.3 is 38.6 Å². The molecule has 49 heavy (non-hydrogen) atoms. The van der Waals surface area contributed by atoms with E-state index in [4.69, 9.17) is 28.4 Å². The van der Waals surface area contributed by atoms with Crippen molar-refractivity contribution in [3.63, 3.8) is 0 Å². The van der Waals surface area contributed by atoms with Crippen LogP contribution >= 0.6 is 15.9 Å².